The van der Waals surface area contributed by atoms with Crippen molar-refractivity contribution in [3.8, 4) is 5.75 Å². The lowest BCUT2D eigenvalue weighted by molar-refractivity contribution is -0.933. The maximum absolute atomic E-state index is 5.27. The number of anilines is 1. The summed E-state index contributed by atoms with van der Waals surface area (Å²) >= 11 is 0. The van der Waals surface area contributed by atoms with E-state index in [0.29, 0.717) is 12.1 Å². The molecule has 0 amide bonds. The first-order chi connectivity index (χ1) is 13.1. The van der Waals surface area contributed by atoms with E-state index < -0.39 is 0 Å². The van der Waals surface area contributed by atoms with Crippen LogP contribution in [0.1, 0.15) is 57.9 Å². The lowest BCUT2D eigenvalue weighted by Crippen LogP contribution is -3.15. The molecule has 0 aliphatic carbocycles. The van der Waals surface area contributed by atoms with Crippen LogP contribution in [0.25, 0.3) is 0 Å². The van der Waals surface area contributed by atoms with Crippen LogP contribution in [0.4, 0.5) is 5.69 Å². The largest absolute Gasteiger partial charge is 0.497 e. The van der Waals surface area contributed by atoms with E-state index in [-0.39, 0.29) is 0 Å². The number of aromatic nitrogens is 4. The van der Waals surface area contributed by atoms with Crippen molar-refractivity contribution in [1.82, 2.24) is 20.2 Å². The molecule has 1 fully saturated rings. The second-order valence-electron chi connectivity index (χ2n) is 7.61. The van der Waals surface area contributed by atoms with Crippen molar-refractivity contribution in [2.24, 2.45) is 0 Å². The molecule has 1 aliphatic heterocycles. The van der Waals surface area contributed by atoms with Gasteiger partial charge >= 0.3 is 0 Å². The van der Waals surface area contributed by atoms with Crippen LogP contribution >= 0.6 is 0 Å². The fourth-order valence-corrected chi connectivity index (χ4v) is 3.92. The Labute approximate surface area is 162 Å². The number of unbranched alkanes of at least 4 members (excludes halogenated alkanes) is 1. The summed E-state index contributed by atoms with van der Waals surface area (Å²) in [5.41, 5.74) is 1.27. The maximum Gasteiger partial charge on any atom is 0.209 e. The standard InChI is InChI=1S/C20H32N6O/c1-5-6-7-19(20-21-22-23-26(20)16(2)3)25-14-12-24(13-15-25)17-8-10-18(27-4)11-9-17/h8-11,16,19H,5-7,12-15H2,1-4H3/p+1/t19-/m1/s1. The molecule has 27 heavy (non-hydrogen) atoms. The van der Waals surface area contributed by atoms with E-state index in [2.05, 4.69) is 53.3 Å². The van der Waals surface area contributed by atoms with Crippen LogP contribution in [-0.2, 0) is 0 Å². The molecule has 7 heteroatoms. The number of nitrogens with zero attached hydrogens (tertiary/aromatic N) is 5. The molecule has 1 aromatic heterocycles. The van der Waals surface area contributed by atoms with Crippen molar-refractivity contribution in [3.05, 3.63) is 30.1 Å². The third kappa shape index (κ3) is 4.58. The van der Waals surface area contributed by atoms with Crippen molar-refractivity contribution >= 4 is 5.69 Å². The third-order valence-corrected chi connectivity index (χ3v) is 5.50. The number of nitrogens with one attached hydrogen (secondary N) is 1. The molecular formula is C20H33N6O+. The average molecular weight is 374 g/mol. The number of methoxy groups -OCH3 is 1. The van der Waals surface area contributed by atoms with Gasteiger partial charge in [-0.2, -0.15) is 0 Å². The molecule has 1 aromatic carbocycles. The van der Waals surface area contributed by atoms with Crippen LogP contribution in [0.2, 0.25) is 0 Å². The van der Waals surface area contributed by atoms with Crippen molar-refractivity contribution < 1.29 is 9.64 Å². The SMILES string of the molecule is CCCC[C@H](c1nnnn1C(C)C)[NH+]1CCN(c2ccc(OC)cc2)CC1. The summed E-state index contributed by atoms with van der Waals surface area (Å²) in [6, 6.07) is 9.04. The van der Waals surface area contributed by atoms with Gasteiger partial charge in [-0.3, -0.25) is 0 Å². The minimum absolute atomic E-state index is 0.291. The fourth-order valence-electron chi connectivity index (χ4n) is 3.92. The minimum Gasteiger partial charge on any atom is -0.497 e. The van der Waals surface area contributed by atoms with Crippen LogP contribution in [-0.4, -0.2) is 53.5 Å². The van der Waals surface area contributed by atoms with Crippen molar-refractivity contribution in [1.29, 1.82) is 0 Å². The molecule has 7 nitrogen and oxygen atoms in total. The first-order valence-electron chi connectivity index (χ1n) is 10.1. The highest BCUT2D eigenvalue weighted by Gasteiger charge is 2.32. The Hall–Kier alpha value is -2.15. The first kappa shape index (κ1) is 19.6. The molecule has 1 N–H and O–H groups in total. The monoisotopic (exact) mass is 373 g/mol. The summed E-state index contributed by atoms with van der Waals surface area (Å²) in [4.78, 5) is 4.07. The molecule has 1 atom stereocenters. The van der Waals surface area contributed by atoms with E-state index in [1.165, 1.54) is 18.5 Å². The summed E-state index contributed by atoms with van der Waals surface area (Å²) in [6.07, 6.45) is 3.55. The predicted molar refractivity (Wildman–Crippen MR) is 106 cm³/mol. The number of hydrogen-bond acceptors (Lipinski definition) is 5. The van der Waals surface area contributed by atoms with Crippen LogP contribution < -0.4 is 14.5 Å². The second kappa shape index (κ2) is 9.17. The highest BCUT2D eigenvalue weighted by molar-refractivity contribution is 5.49. The normalized spacial score (nSPS) is 16.7. The Kier molecular flexibility index (Phi) is 6.66. The van der Waals surface area contributed by atoms with Crippen molar-refractivity contribution in [3.63, 3.8) is 0 Å². The van der Waals surface area contributed by atoms with Crippen LogP contribution in [0.3, 0.4) is 0 Å². The number of quaternary nitrogens is 1. The zero-order chi connectivity index (χ0) is 19.2. The number of piperazine rings is 1. The molecule has 0 radical (unpaired) electrons. The quantitative estimate of drug-likeness (QED) is 0.766. The van der Waals surface area contributed by atoms with E-state index in [9.17, 15) is 0 Å². The van der Waals surface area contributed by atoms with Crippen molar-refractivity contribution in [2.45, 2.75) is 52.1 Å². The Morgan fingerprint density at radius 1 is 1.15 bits per heavy atom. The van der Waals surface area contributed by atoms with Crippen LogP contribution in [0, 0.1) is 0 Å². The number of tetrazole rings is 1. The average Bonchev–Trinajstić information content (AvgIpc) is 3.19. The van der Waals surface area contributed by atoms with Crippen LogP contribution in [0.5, 0.6) is 5.75 Å². The van der Waals surface area contributed by atoms with E-state index in [1.807, 2.05) is 16.8 Å². The van der Waals surface area contributed by atoms with Gasteiger partial charge < -0.3 is 14.5 Å². The Balaban J connectivity index is 1.69. The first-order valence-corrected chi connectivity index (χ1v) is 10.1. The molecule has 1 aliphatic rings. The van der Waals surface area contributed by atoms with E-state index >= 15 is 0 Å². The zero-order valence-electron chi connectivity index (χ0n) is 17.1. The van der Waals surface area contributed by atoms with E-state index in [4.69, 9.17) is 4.74 Å². The lowest BCUT2D eigenvalue weighted by atomic mass is 10.1. The molecular weight excluding hydrogens is 340 g/mol. The molecule has 0 unspecified atom stereocenters. The lowest BCUT2D eigenvalue weighted by Gasteiger charge is -2.37. The number of benzene rings is 1. The molecule has 1 saturated heterocycles. The van der Waals surface area contributed by atoms with Gasteiger partial charge in [0.1, 0.15) is 11.8 Å². The molecule has 148 valence electrons. The van der Waals surface area contributed by atoms with Crippen molar-refractivity contribution in [2.75, 3.05) is 38.2 Å². The number of hydrogen-bond donors (Lipinski definition) is 1. The van der Waals surface area contributed by atoms with Gasteiger partial charge in [0.2, 0.25) is 5.82 Å². The fraction of sp³-hybridized carbons (Fsp3) is 0.650. The second-order valence-corrected chi connectivity index (χ2v) is 7.61. The highest BCUT2D eigenvalue weighted by Crippen LogP contribution is 2.21. The topological polar surface area (TPSA) is 60.5 Å². The smallest absolute Gasteiger partial charge is 0.209 e. The van der Waals surface area contributed by atoms with E-state index in [1.54, 1.807) is 12.0 Å². The van der Waals surface area contributed by atoms with Gasteiger partial charge in [0.05, 0.1) is 39.3 Å². The molecule has 2 aromatic rings. The summed E-state index contributed by atoms with van der Waals surface area (Å²) in [5.74, 6) is 1.95. The molecule has 0 bridgehead atoms. The Morgan fingerprint density at radius 3 is 2.44 bits per heavy atom. The zero-order valence-corrected chi connectivity index (χ0v) is 17.1. The summed E-state index contributed by atoms with van der Waals surface area (Å²) in [6.45, 7) is 10.8. The molecule has 0 spiro atoms. The Morgan fingerprint density at radius 2 is 1.85 bits per heavy atom. The van der Waals surface area contributed by atoms with Gasteiger partial charge in [-0.15, -0.1) is 5.10 Å². The van der Waals surface area contributed by atoms with Gasteiger partial charge in [0.25, 0.3) is 0 Å². The highest BCUT2D eigenvalue weighted by atomic mass is 16.5. The van der Waals surface area contributed by atoms with Gasteiger partial charge in [0.15, 0.2) is 0 Å². The molecule has 2 heterocycles. The third-order valence-electron chi connectivity index (χ3n) is 5.50. The van der Waals surface area contributed by atoms with Gasteiger partial charge in [-0.1, -0.05) is 13.3 Å². The Bertz CT molecular complexity index is 691. The minimum atomic E-state index is 0.291. The van der Waals surface area contributed by atoms with Crippen LogP contribution in [0.15, 0.2) is 24.3 Å². The summed E-state index contributed by atoms with van der Waals surface area (Å²) < 4.78 is 7.27. The maximum atomic E-state index is 5.27. The summed E-state index contributed by atoms with van der Waals surface area (Å²) in [5, 5.41) is 12.6. The number of ether oxygens (including phenoxy) is 1. The predicted octanol–water partition coefficient (Wildman–Crippen LogP) is 1.90. The van der Waals surface area contributed by atoms with Gasteiger partial charge in [0, 0.05) is 12.1 Å². The van der Waals surface area contributed by atoms with Gasteiger partial charge in [-0.05, 0) is 55.0 Å². The molecule has 3 rings (SSSR count). The van der Waals surface area contributed by atoms with Gasteiger partial charge in [-0.25, -0.2) is 4.68 Å². The van der Waals surface area contributed by atoms with E-state index in [0.717, 1.165) is 44.2 Å². The number of rotatable bonds is 8. The molecule has 0 saturated carbocycles. The summed E-state index contributed by atoms with van der Waals surface area (Å²) in [7, 11) is 1.71.